The number of carbonyl (C=O) groups is 2. The molecule has 0 aliphatic carbocycles. The van der Waals surface area contributed by atoms with E-state index in [0.29, 0.717) is 11.1 Å². The van der Waals surface area contributed by atoms with Gasteiger partial charge in [0.05, 0.1) is 18.2 Å². The van der Waals surface area contributed by atoms with E-state index in [9.17, 15) is 14.7 Å². The molecule has 5 heteroatoms. The minimum Gasteiger partial charge on any atom is -0.507 e. The zero-order chi connectivity index (χ0) is 14.7. The van der Waals surface area contributed by atoms with E-state index >= 15 is 0 Å². The summed E-state index contributed by atoms with van der Waals surface area (Å²) in [5, 5.41) is 18.9. The number of phenols is 1. The van der Waals surface area contributed by atoms with Gasteiger partial charge in [-0.25, -0.2) is 9.59 Å². The van der Waals surface area contributed by atoms with E-state index in [1.165, 1.54) is 31.4 Å². The van der Waals surface area contributed by atoms with E-state index in [1.807, 2.05) is 0 Å². The fourth-order valence-electron chi connectivity index (χ4n) is 1.89. The Morgan fingerprint density at radius 2 is 1.75 bits per heavy atom. The first-order valence-corrected chi connectivity index (χ1v) is 5.78. The first-order valence-electron chi connectivity index (χ1n) is 5.78. The van der Waals surface area contributed by atoms with Crippen LogP contribution in [0.15, 0.2) is 42.5 Å². The summed E-state index contributed by atoms with van der Waals surface area (Å²) in [7, 11) is 1.24. The number of para-hydroxylation sites is 1. The highest BCUT2D eigenvalue weighted by molar-refractivity contribution is 6.00. The number of esters is 1. The number of carbonyl (C=O) groups excluding carboxylic acids is 1. The molecule has 0 amide bonds. The van der Waals surface area contributed by atoms with Crippen LogP contribution >= 0.6 is 0 Å². The van der Waals surface area contributed by atoms with Crippen LogP contribution < -0.4 is 0 Å². The molecule has 0 aliphatic rings. The van der Waals surface area contributed by atoms with Crippen LogP contribution in [0.2, 0.25) is 0 Å². The number of ether oxygens (including phenoxy) is 1. The van der Waals surface area contributed by atoms with Crippen LogP contribution in [0.4, 0.5) is 0 Å². The molecule has 0 saturated heterocycles. The largest absolute Gasteiger partial charge is 0.507 e. The van der Waals surface area contributed by atoms with E-state index < -0.39 is 11.9 Å². The molecule has 20 heavy (non-hydrogen) atoms. The number of carboxylic acids is 1. The minimum absolute atomic E-state index is 0.0240. The van der Waals surface area contributed by atoms with Gasteiger partial charge in [0.15, 0.2) is 0 Å². The van der Waals surface area contributed by atoms with Crippen LogP contribution in [-0.4, -0.2) is 29.3 Å². The quantitative estimate of drug-likeness (QED) is 0.839. The van der Waals surface area contributed by atoms with Gasteiger partial charge in [-0.1, -0.05) is 18.2 Å². The summed E-state index contributed by atoms with van der Waals surface area (Å²) in [6.07, 6.45) is 0. The third-order valence-corrected chi connectivity index (χ3v) is 2.87. The highest BCUT2D eigenvalue weighted by atomic mass is 16.5. The maximum absolute atomic E-state index is 11.7. The predicted molar refractivity (Wildman–Crippen MR) is 71.8 cm³/mol. The highest BCUT2D eigenvalue weighted by Crippen LogP contribution is 2.32. The molecule has 0 saturated carbocycles. The molecule has 0 radical (unpaired) electrons. The van der Waals surface area contributed by atoms with Gasteiger partial charge in [0.25, 0.3) is 0 Å². The van der Waals surface area contributed by atoms with Crippen molar-refractivity contribution in [3.63, 3.8) is 0 Å². The Morgan fingerprint density at radius 3 is 2.35 bits per heavy atom. The SMILES string of the molecule is COC(=O)c1ccc(C(=O)O)cc1-c1ccccc1O. The molecule has 102 valence electrons. The van der Waals surface area contributed by atoms with Gasteiger partial charge in [0.2, 0.25) is 0 Å². The van der Waals surface area contributed by atoms with Crippen molar-refractivity contribution in [1.82, 2.24) is 0 Å². The van der Waals surface area contributed by atoms with Crippen LogP contribution in [-0.2, 0) is 4.74 Å². The Morgan fingerprint density at radius 1 is 1.05 bits per heavy atom. The zero-order valence-corrected chi connectivity index (χ0v) is 10.7. The fraction of sp³-hybridized carbons (Fsp3) is 0.0667. The molecule has 0 aromatic heterocycles. The summed E-state index contributed by atoms with van der Waals surface area (Å²) in [6.45, 7) is 0. The number of methoxy groups -OCH3 is 1. The molecule has 0 fully saturated rings. The number of phenolic OH excluding ortho intramolecular Hbond substituents is 1. The Kier molecular flexibility index (Phi) is 3.70. The highest BCUT2D eigenvalue weighted by Gasteiger charge is 2.17. The summed E-state index contributed by atoms with van der Waals surface area (Å²) in [5.41, 5.74) is 0.903. The van der Waals surface area contributed by atoms with Gasteiger partial charge < -0.3 is 14.9 Å². The third kappa shape index (κ3) is 2.47. The van der Waals surface area contributed by atoms with Crippen LogP contribution in [0.5, 0.6) is 5.75 Å². The van der Waals surface area contributed by atoms with E-state index in [4.69, 9.17) is 5.11 Å². The van der Waals surface area contributed by atoms with E-state index in [2.05, 4.69) is 4.74 Å². The van der Waals surface area contributed by atoms with Crippen LogP contribution in [0.1, 0.15) is 20.7 Å². The third-order valence-electron chi connectivity index (χ3n) is 2.87. The monoisotopic (exact) mass is 272 g/mol. The topological polar surface area (TPSA) is 83.8 Å². The zero-order valence-electron chi connectivity index (χ0n) is 10.7. The van der Waals surface area contributed by atoms with Crippen molar-refractivity contribution in [2.45, 2.75) is 0 Å². The second-order valence-corrected chi connectivity index (χ2v) is 4.07. The molecule has 5 nitrogen and oxygen atoms in total. The average Bonchev–Trinajstić information content (AvgIpc) is 2.46. The van der Waals surface area contributed by atoms with Gasteiger partial charge in [-0.15, -0.1) is 0 Å². The standard InChI is InChI=1S/C15H12O5/c1-20-15(19)11-7-6-9(14(17)18)8-12(11)10-4-2-3-5-13(10)16/h2-8,16H,1H3,(H,17,18). The molecule has 0 unspecified atom stereocenters. The summed E-state index contributed by atoms with van der Waals surface area (Å²) in [5.74, 6) is -1.75. The summed E-state index contributed by atoms with van der Waals surface area (Å²) < 4.78 is 4.67. The normalized spacial score (nSPS) is 10.1. The smallest absolute Gasteiger partial charge is 0.338 e. The molecule has 0 heterocycles. The van der Waals surface area contributed by atoms with E-state index in [-0.39, 0.29) is 16.9 Å². The second-order valence-electron chi connectivity index (χ2n) is 4.07. The molecule has 0 aliphatic heterocycles. The summed E-state index contributed by atoms with van der Waals surface area (Å²) >= 11 is 0. The molecular formula is C15H12O5. The number of carboxylic acid groups (broad SMARTS) is 1. The molecule has 0 spiro atoms. The fourth-order valence-corrected chi connectivity index (χ4v) is 1.89. The molecule has 2 N–H and O–H groups in total. The van der Waals surface area contributed by atoms with Gasteiger partial charge in [-0.3, -0.25) is 0 Å². The number of aromatic hydroxyl groups is 1. The Bertz CT molecular complexity index is 676. The van der Waals surface area contributed by atoms with Gasteiger partial charge >= 0.3 is 11.9 Å². The van der Waals surface area contributed by atoms with Crippen molar-refractivity contribution >= 4 is 11.9 Å². The van der Waals surface area contributed by atoms with Crippen molar-refractivity contribution in [2.24, 2.45) is 0 Å². The average molecular weight is 272 g/mol. The predicted octanol–water partition coefficient (Wildman–Crippen LogP) is 2.54. The summed E-state index contributed by atoms with van der Waals surface area (Å²) in [4.78, 5) is 22.8. The second kappa shape index (κ2) is 5.44. The lowest BCUT2D eigenvalue weighted by molar-refractivity contribution is 0.0599. The number of hydrogen-bond donors (Lipinski definition) is 2. The number of hydrogen-bond acceptors (Lipinski definition) is 4. The van der Waals surface area contributed by atoms with Crippen LogP contribution in [0, 0.1) is 0 Å². The summed E-state index contributed by atoms with van der Waals surface area (Å²) in [6, 6.07) is 10.4. The number of aromatic carboxylic acids is 1. The Labute approximate surface area is 115 Å². The maximum Gasteiger partial charge on any atom is 0.338 e. The lowest BCUT2D eigenvalue weighted by atomic mass is 9.96. The first kappa shape index (κ1) is 13.6. The van der Waals surface area contributed by atoms with Gasteiger partial charge in [0.1, 0.15) is 5.75 Å². The van der Waals surface area contributed by atoms with E-state index in [1.54, 1.807) is 18.2 Å². The van der Waals surface area contributed by atoms with Crippen LogP contribution in [0.3, 0.4) is 0 Å². The van der Waals surface area contributed by atoms with Crippen molar-refractivity contribution in [1.29, 1.82) is 0 Å². The van der Waals surface area contributed by atoms with Crippen molar-refractivity contribution in [3.8, 4) is 16.9 Å². The Hall–Kier alpha value is -2.82. The number of benzene rings is 2. The van der Waals surface area contributed by atoms with Gasteiger partial charge in [0, 0.05) is 11.1 Å². The minimum atomic E-state index is -1.11. The maximum atomic E-state index is 11.7. The Balaban J connectivity index is 2.70. The molecule has 0 bridgehead atoms. The lowest BCUT2D eigenvalue weighted by Crippen LogP contribution is -2.06. The van der Waals surface area contributed by atoms with Gasteiger partial charge in [-0.2, -0.15) is 0 Å². The molecule has 2 aromatic carbocycles. The van der Waals surface area contributed by atoms with Crippen LogP contribution in [0.25, 0.3) is 11.1 Å². The van der Waals surface area contributed by atoms with Crippen molar-refractivity contribution in [3.05, 3.63) is 53.6 Å². The molecular weight excluding hydrogens is 260 g/mol. The first-order chi connectivity index (χ1) is 9.54. The van der Waals surface area contributed by atoms with Crippen molar-refractivity contribution in [2.75, 3.05) is 7.11 Å². The lowest BCUT2D eigenvalue weighted by Gasteiger charge is -2.10. The number of rotatable bonds is 3. The molecule has 2 aromatic rings. The molecule has 2 rings (SSSR count). The van der Waals surface area contributed by atoms with E-state index in [0.717, 1.165) is 0 Å². The van der Waals surface area contributed by atoms with Crippen molar-refractivity contribution < 1.29 is 24.5 Å². The van der Waals surface area contributed by atoms with Gasteiger partial charge in [-0.05, 0) is 24.3 Å². The molecule has 0 atom stereocenters.